The van der Waals surface area contributed by atoms with Crippen LogP contribution in [0.2, 0.25) is 0 Å². The third kappa shape index (κ3) is 6.81. The van der Waals surface area contributed by atoms with E-state index < -0.39 is 0 Å². The molecule has 17 heavy (non-hydrogen) atoms. The normalized spacial score (nSPS) is 12.9. The van der Waals surface area contributed by atoms with Crippen molar-refractivity contribution in [3.63, 3.8) is 0 Å². The van der Waals surface area contributed by atoms with Gasteiger partial charge in [-0.25, -0.2) is 0 Å². The Balaban J connectivity index is 2.14. The van der Waals surface area contributed by atoms with Crippen LogP contribution in [0.5, 0.6) is 0 Å². The first-order valence-corrected chi connectivity index (χ1v) is 6.99. The zero-order valence-corrected chi connectivity index (χ0v) is 12.3. The minimum absolute atomic E-state index is 0.425. The van der Waals surface area contributed by atoms with Gasteiger partial charge in [0.25, 0.3) is 0 Å². The number of aryl methyl sites for hydroxylation is 1. The molecule has 1 rings (SSSR count). The lowest BCUT2D eigenvalue weighted by atomic mass is 10.1. The molecule has 3 heteroatoms. The van der Waals surface area contributed by atoms with E-state index in [0.29, 0.717) is 4.83 Å². The van der Waals surface area contributed by atoms with Gasteiger partial charge in [-0.1, -0.05) is 46.3 Å². The lowest BCUT2D eigenvalue weighted by molar-refractivity contribution is 0.186. The van der Waals surface area contributed by atoms with E-state index in [1.165, 1.54) is 12.0 Å². The van der Waals surface area contributed by atoms with E-state index in [2.05, 4.69) is 58.2 Å². The Hall–Kier alpha value is -0.380. The van der Waals surface area contributed by atoms with Crippen LogP contribution in [-0.4, -0.2) is 43.6 Å². The third-order valence-corrected chi connectivity index (χ3v) is 3.26. The van der Waals surface area contributed by atoms with Crippen molar-refractivity contribution in [2.24, 2.45) is 0 Å². The van der Waals surface area contributed by atoms with Gasteiger partial charge < -0.3 is 9.64 Å². The molecule has 0 bridgehead atoms. The van der Waals surface area contributed by atoms with Gasteiger partial charge in [0.15, 0.2) is 0 Å². The fourth-order valence-electron chi connectivity index (χ4n) is 1.86. The van der Waals surface area contributed by atoms with Crippen molar-refractivity contribution in [1.82, 2.24) is 4.90 Å². The van der Waals surface area contributed by atoms with E-state index in [1.54, 1.807) is 7.11 Å². The molecule has 96 valence electrons. The predicted molar refractivity (Wildman–Crippen MR) is 76.9 cm³/mol. The van der Waals surface area contributed by atoms with Crippen LogP contribution in [-0.2, 0) is 11.2 Å². The Morgan fingerprint density at radius 1 is 1.29 bits per heavy atom. The number of hydrogen-bond acceptors (Lipinski definition) is 2. The van der Waals surface area contributed by atoms with Crippen molar-refractivity contribution < 1.29 is 4.74 Å². The largest absolute Gasteiger partial charge is 0.383 e. The van der Waals surface area contributed by atoms with E-state index >= 15 is 0 Å². The Kier molecular flexibility index (Phi) is 7.49. The average Bonchev–Trinajstić information content (AvgIpc) is 2.30. The highest BCUT2D eigenvalue weighted by Gasteiger charge is 2.07. The number of ether oxygens (including phenoxy) is 1. The van der Waals surface area contributed by atoms with Gasteiger partial charge in [-0.2, -0.15) is 0 Å². The summed E-state index contributed by atoms with van der Waals surface area (Å²) in [5, 5.41) is 0. The summed E-state index contributed by atoms with van der Waals surface area (Å²) in [6.07, 6.45) is 2.36. The molecule has 0 heterocycles. The molecule has 0 amide bonds. The van der Waals surface area contributed by atoms with Gasteiger partial charge in [-0.05, 0) is 32.0 Å². The summed E-state index contributed by atoms with van der Waals surface area (Å²) < 4.78 is 5.10. The zero-order chi connectivity index (χ0) is 12.5. The van der Waals surface area contributed by atoms with Crippen molar-refractivity contribution in [3.8, 4) is 0 Å². The number of methoxy groups -OCH3 is 1. The Morgan fingerprint density at radius 2 is 2.00 bits per heavy atom. The second kappa shape index (κ2) is 8.67. The first kappa shape index (κ1) is 14.7. The van der Waals surface area contributed by atoms with E-state index in [4.69, 9.17) is 4.74 Å². The van der Waals surface area contributed by atoms with Crippen LogP contribution in [0.3, 0.4) is 0 Å². The van der Waals surface area contributed by atoms with Gasteiger partial charge in [-0.15, -0.1) is 0 Å². The summed E-state index contributed by atoms with van der Waals surface area (Å²) in [6.45, 7) is 2.92. The third-order valence-electron chi connectivity index (χ3n) is 2.71. The summed E-state index contributed by atoms with van der Waals surface area (Å²) in [7, 11) is 3.90. The molecule has 0 aromatic heterocycles. The molecule has 1 aromatic rings. The number of rotatable bonds is 8. The SMILES string of the molecule is COCC(Br)CN(C)CCCc1ccccc1. The van der Waals surface area contributed by atoms with Gasteiger partial charge in [-0.3, -0.25) is 0 Å². The number of benzene rings is 1. The van der Waals surface area contributed by atoms with Gasteiger partial charge >= 0.3 is 0 Å². The first-order chi connectivity index (χ1) is 8.22. The Labute approximate surface area is 113 Å². The van der Waals surface area contributed by atoms with Crippen LogP contribution in [0.1, 0.15) is 12.0 Å². The van der Waals surface area contributed by atoms with Crippen molar-refractivity contribution in [3.05, 3.63) is 35.9 Å². The molecule has 0 aliphatic heterocycles. The molecule has 1 atom stereocenters. The fourth-order valence-corrected chi connectivity index (χ4v) is 2.62. The molecule has 1 unspecified atom stereocenters. The highest BCUT2D eigenvalue weighted by molar-refractivity contribution is 9.09. The second-order valence-electron chi connectivity index (χ2n) is 4.40. The molecule has 0 aliphatic carbocycles. The summed E-state index contributed by atoms with van der Waals surface area (Å²) in [5.41, 5.74) is 1.42. The van der Waals surface area contributed by atoms with E-state index in [1.807, 2.05) is 0 Å². The van der Waals surface area contributed by atoms with Crippen LogP contribution in [0.4, 0.5) is 0 Å². The van der Waals surface area contributed by atoms with Crippen LogP contribution in [0.25, 0.3) is 0 Å². The monoisotopic (exact) mass is 299 g/mol. The molecule has 0 saturated heterocycles. The average molecular weight is 300 g/mol. The van der Waals surface area contributed by atoms with Crippen LogP contribution < -0.4 is 0 Å². The summed E-state index contributed by atoms with van der Waals surface area (Å²) in [4.78, 5) is 2.77. The molecule has 0 aliphatic rings. The summed E-state index contributed by atoms with van der Waals surface area (Å²) in [5.74, 6) is 0. The van der Waals surface area contributed by atoms with Crippen molar-refractivity contribution >= 4 is 15.9 Å². The Bertz CT molecular complexity index is 292. The van der Waals surface area contributed by atoms with E-state index in [9.17, 15) is 0 Å². The predicted octanol–water partition coefficient (Wildman–Crippen LogP) is 2.96. The number of nitrogens with zero attached hydrogens (tertiary/aromatic N) is 1. The highest BCUT2D eigenvalue weighted by atomic mass is 79.9. The number of alkyl halides is 1. The lowest BCUT2D eigenvalue weighted by Crippen LogP contribution is -2.29. The van der Waals surface area contributed by atoms with Gasteiger partial charge in [0, 0.05) is 13.7 Å². The first-order valence-electron chi connectivity index (χ1n) is 6.08. The van der Waals surface area contributed by atoms with Crippen molar-refractivity contribution in [2.75, 3.05) is 33.9 Å². The highest BCUT2D eigenvalue weighted by Crippen LogP contribution is 2.05. The molecular weight excluding hydrogens is 278 g/mol. The van der Waals surface area contributed by atoms with Gasteiger partial charge in [0.1, 0.15) is 0 Å². The molecule has 1 aromatic carbocycles. The fraction of sp³-hybridized carbons (Fsp3) is 0.571. The molecule has 2 nitrogen and oxygen atoms in total. The second-order valence-corrected chi connectivity index (χ2v) is 5.70. The smallest absolute Gasteiger partial charge is 0.0600 e. The maximum absolute atomic E-state index is 5.10. The van der Waals surface area contributed by atoms with E-state index in [0.717, 1.165) is 26.1 Å². The van der Waals surface area contributed by atoms with Gasteiger partial charge in [0.2, 0.25) is 0 Å². The lowest BCUT2D eigenvalue weighted by Gasteiger charge is -2.19. The van der Waals surface area contributed by atoms with Crippen LogP contribution >= 0.6 is 15.9 Å². The number of hydrogen-bond donors (Lipinski definition) is 0. The van der Waals surface area contributed by atoms with Gasteiger partial charge in [0.05, 0.1) is 11.4 Å². The van der Waals surface area contributed by atoms with Crippen LogP contribution in [0, 0.1) is 0 Å². The summed E-state index contributed by atoms with van der Waals surface area (Å²) >= 11 is 3.61. The molecular formula is C14H22BrNO. The topological polar surface area (TPSA) is 12.5 Å². The maximum Gasteiger partial charge on any atom is 0.0600 e. The Morgan fingerprint density at radius 3 is 2.65 bits per heavy atom. The minimum atomic E-state index is 0.425. The molecule has 0 fully saturated rings. The minimum Gasteiger partial charge on any atom is -0.383 e. The van der Waals surface area contributed by atoms with Crippen molar-refractivity contribution in [1.29, 1.82) is 0 Å². The van der Waals surface area contributed by atoms with Crippen molar-refractivity contribution in [2.45, 2.75) is 17.7 Å². The van der Waals surface area contributed by atoms with Crippen LogP contribution in [0.15, 0.2) is 30.3 Å². The number of halogens is 1. The van der Waals surface area contributed by atoms with E-state index in [-0.39, 0.29) is 0 Å². The zero-order valence-electron chi connectivity index (χ0n) is 10.7. The molecule has 0 N–H and O–H groups in total. The standard InChI is InChI=1S/C14H22BrNO/c1-16(11-14(15)12-17-2)10-6-9-13-7-4-3-5-8-13/h3-5,7-8,14H,6,9-12H2,1-2H3. The molecule has 0 saturated carbocycles. The molecule has 0 spiro atoms. The molecule has 0 radical (unpaired) electrons. The quantitative estimate of drug-likeness (QED) is 0.684. The maximum atomic E-state index is 5.10. The summed E-state index contributed by atoms with van der Waals surface area (Å²) in [6, 6.07) is 10.7.